The molecule has 1 saturated heterocycles. The first-order chi connectivity index (χ1) is 9.11. The molecule has 4 N–H and O–H groups in total. The Kier molecular flexibility index (Phi) is 4.60. The van der Waals surface area contributed by atoms with E-state index in [1.54, 1.807) is 0 Å². The highest BCUT2D eigenvalue weighted by Crippen LogP contribution is 2.38. The number of carboxylic acids is 1. The fraction of sp³-hybridized carbons (Fsp3) is 0.833. The molecule has 1 aliphatic carbocycles. The van der Waals surface area contributed by atoms with Crippen LogP contribution in [0.3, 0.4) is 0 Å². The average Bonchev–Trinajstić information content (AvgIpc) is 3.10. The smallest absolute Gasteiger partial charge is 0.326 e. The fourth-order valence-corrected chi connectivity index (χ4v) is 2.41. The molecule has 2 amide bonds. The lowest BCUT2D eigenvalue weighted by atomic mass is 10.1. The Bertz CT molecular complexity index is 345. The van der Waals surface area contributed by atoms with E-state index in [-0.39, 0.29) is 25.2 Å². The van der Waals surface area contributed by atoms with E-state index in [1.807, 2.05) is 0 Å². The van der Waals surface area contributed by atoms with Crippen LogP contribution in [0.5, 0.6) is 0 Å². The number of aliphatic hydroxyl groups is 1. The second-order valence-electron chi connectivity index (χ2n) is 5.09. The summed E-state index contributed by atoms with van der Waals surface area (Å²) >= 11 is 0. The Balaban J connectivity index is 1.80. The van der Waals surface area contributed by atoms with Gasteiger partial charge in [-0.05, 0) is 25.2 Å². The maximum atomic E-state index is 11.8. The third-order valence-electron chi connectivity index (χ3n) is 3.56. The molecule has 2 aliphatic rings. The van der Waals surface area contributed by atoms with Gasteiger partial charge in [-0.15, -0.1) is 0 Å². The average molecular weight is 272 g/mol. The Morgan fingerprint density at radius 2 is 2.05 bits per heavy atom. The summed E-state index contributed by atoms with van der Waals surface area (Å²) in [6.45, 7) is 0.347. The number of carboxylic acid groups (broad SMARTS) is 1. The lowest BCUT2D eigenvalue weighted by molar-refractivity contribution is -0.139. The zero-order valence-electron chi connectivity index (χ0n) is 10.7. The van der Waals surface area contributed by atoms with Crippen LogP contribution in [0.15, 0.2) is 0 Å². The number of aliphatic hydroxyl groups excluding tert-OH is 1. The van der Waals surface area contributed by atoms with Crippen molar-refractivity contribution in [2.75, 3.05) is 13.2 Å². The normalized spacial score (nSPS) is 27.8. The summed E-state index contributed by atoms with van der Waals surface area (Å²) in [5.74, 6) is -0.619. The van der Waals surface area contributed by atoms with Gasteiger partial charge in [0.1, 0.15) is 6.04 Å². The van der Waals surface area contributed by atoms with Crippen LogP contribution in [-0.4, -0.2) is 53.6 Å². The van der Waals surface area contributed by atoms with Crippen molar-refractivity contribution in [2.24, 2.45) is 5.92 Å². The summed E-state index contributed by atoms with van der Waals surface area (Å²) < 4.78 is 5.59. The number of hydrogen-bond donors (Lipinski definition) is 4. The van der Waals surface area contributed by atoms with Crippen molar-refractivity contribution in [1.82, 2.24) is 10.6 Å². The van der Waals surface area contributed by atoms with E-state index < -0.39 is 18.0 Å². The van der Waals surface area contributed by atoms with Crippen LogP contribution in [0.2, 0.25) is 0 Å². The number of hydrogen-bond acceptors (Lipinski definition) is 4. The first-order valence-electron chi connectivity index (χ1n) is 6.64. The molecule has 0 radical (unpaired) electrons. The highest BCUT2D eigenvalue weighted by molar-refractivity contribution is 5.82. The Morgan fingerprint density at radius 3 is 2.63 bits per heavy atom. The first-order valence-corrected chi connectivity index (χ1v) is 6.64. The molecule has 3 atom stereocenters. The van der Waals surface area contributed by atoms with E-state index in [2.05, 4.69) is 10.6 Å². The number of nitrogens with one attached hydrogen (secondary N) is 2. The molecule has 0 aromatic rings. The Labute approximate surface area is 111 Å². The maximum Gasteiger partial charge on any atom is 0.326 e. The van der Waals surface area contributed by atoms with Crippen molar-refractivity contribution in [1.29, 1.82) is 0 Å². The minimum atomic E-state index is -1.15. The molecule has 0 spiro atoms. The van der Waals surface area contributed by atoms with Crippen molar-refractivity contribution in [3.05, 3.63) is 0 Å². The topological polar surface area (TPSA) is 108 Å². The number of amides is 2. The van der Waals surface area contributed by atoms with E-state index >= 15 is 0 Å². The lowest BCUT2D eigenvalue weighted by Gasteiger charge is -2.21. The molecular formula is C12H20N2O5. The zero-order chi connectivity index (χ0) is 13.8. The standard InChI is InChI=1S/C12H20N2O5/c15-5-3-9(11(16)17)14-12(18)13-8-4-6-19-10(8)7-1-2-7/h7-10,15H,1-6H2,(H,16,17)(H2,13,14,18)/t8?,9-,10?/m0/s1. The van der Waals surface area contributed by atoms with Crippen LogP contribution in [0.1, 0.15) is 25.7 Å². The van der Waals surface area contributed by atoms with E-state index in [9.17, 15) is 9.59 Å². The van der Waals surface area contributed by atoms with Crippen LogP contribution in [0.25, 0.3) is 0 Å². The third kappa shape index (κ3) is 3.81. The SMILES string of the molecule is O=C(NC1CCOC1C1CC1)N[C@@H](CCO)C(=O)O. The van der Waals surface area contributed by atoms with E-state index in [4.69, 9.17) is 14.9 Å². The molecule has 2 fully saturated rings. The molecule has 7 nitrogen and oxygen atoms in total. The van der Waals surface area contributed by atoms with Gasteiger partial charge in [0.15, 0.2) is 0 Å². The molecule has 1 aliphatic heterocycles. The molecule has 2 rings (SSSR count). The molecular weight excluding hydrogens is 252 g/mol. The molecule has 0 aromatic heterocycles. The van der Waals surface area contributed by atoms with Gasteiger partial charge in [-0.3, -0.25) is 0 Å². The van der Waals surface area contributed by atoms with Gasteiger partial charge in [0.2, 0.25) is 0 Å². The van der Waals surface area contributed by atoms with Crippen LogP contribution >= 0.6 is 0 Å². The van der Waals surface area contributed by atoms with Crippen molar-refractivity contribution in [3.63, 3.8) is 0 Å². The monoisotopic (exact) mass is 272 g/mol. The predicted molar refractivity (Wildman–Crippen MR) is 65.7 cm³/mol. The number of carbonyl (C=O) groups is 2. The van der Waals surface area contributed by atoms with E-state index in [1.165, 1.54) is 0 Å². The van der Waals surface area contributed by atoms with Gasteiger partial charge in [-0.1, -0.05) is 0 Å². The minimum absolute atomic E-state index is 0.00399. The summed E-state index contributed by atoms with van der Waals surface area (Å²) in [5, 5.41) is 22.8. The van der Waals surface area contributed by atoms with Gasteiger partial charge >= 0.3 is 12.0 Å². The Hall–Kier alpha value is -1.34. The van der Waals surface area contributed by atoms with Crippen molar-refractivity contribution in [2.45, 2.75) is 43.9 Å². The van der Waals surface area contributed by atoms with Gasteiger partial charge < -0.3 is 25.6 Å². The van der Waals surface area contributed by atoms with Gasteiger partial charge in [0.05, 0.1) is 12.1 Å². The quantitative estimate of drug-likeness (QED) is 0.530. The minimum Gasteiger partial charge on any atom is -0.480 e. The van der Waals surface area contributed by atoms with Gasteiger partial charge in [-0.2, -0.15) is 0 Å². The molecule has 1 heterocycles. The summed E-state index contributed by atoms with van der Waals surface area (Å²) in [6.07, 6.45) is 3.08. The van der Waals surface area contributed by atoms with E-state index in [0.717, 1.165) is 19.3 Å². The van der Waals surface area contributed by atoms with Crippen molar-refractivity contribution >= 4 is 12.0 Å². The van der Waals surface area contributed by atoms with Crippen LogP contribution in [0.4, 0.5) is 4.79 Å². The molecule has 2 unspecified atom stereocenters. The number of ether oxygens (including phenoxy) is 1. The van der Waals surface area contributed by atoms with Gasteiger partial charge in [0.25, 0.3) is 0 Å². The predicted octanol–water partition coefficient (Wildman–Crippen LogP) is -0.311. The fourth-order valence-electron chi connectivity index (χ4n) is 2.41. The Morgan fingerprint density at radius 1 is 1.32 bits per heavy atom. The summed E-state index contributed by atoms with van der Waals surface area (Å²) in [4.78, 5) is 22.6. The highest BCUT2D eigenvalue weighted by atomic mass is 16.5. The van der Waals surface area contributed by atoms with Gasteiger partial charge in [-0.25, -0.2) is 9.59 Å². The largest absolute Gasteiger partial charge is 0.480 e. The summed E-state index contributed by atoms with van der Waals surface area (Å²) in [7, 11) is 0. The van der Waals surface area contributed by atoms with Crippen LogP contribution < -0.4 is 10.6 Å². The first kappa shape index (κ1) is 14.1. The zero-order valence-corrected chi connectivity index (χ0v) is 10.7. The second-order valence-corrected chi connectivity index (χ2v) is 5.09. The summed E-state index contributed by atoms with van der Waals surface area (Å²) in [6, 6.07) is -1.62. The third-order valence-corrected chi connectivity index (χ3v) is 3.56. The lowest BCUT2D eigenvalue weighted by Crippen LogP contribution is -2.51. The molecule has 108 valence electrons. The molecule has 19 heavy (non-hydrogen) atoms. The number of aliphatic carboxylic acids is 1. The number of rotatable bonds is 6. The molecule has 0 bridgehead atoms. The molecule has 7 heteroatoms. The number of urea groups is 1. The highest BCUT2D eigenvalue weighted by Gasteiger charge is 2.41. The number of carbonyl (C=O) groups excluding carboxylic acids is 1. The van der Waals surface area contributed by atoms with Crippen LogP contribution in [-0.2, 0) is 9.53 Å². The van der Waals surface area contributed by atoms with Gasteiger partial charge in [0, 0.05) is 19.6 Å². The summed E-state index contributed by atoms with van der Waals surface area (Å²) in [5.41, 5.74) is 0. The maximum absolute atomic E-state index is 11.8. The van der Waals surface area contributed by atoms with E-state index in [0.29, 0.717) is 12.5 Å². The van der Waals surface area contributed by atoms with Crippen molar-refractivity contribution < 1.29 is 24.5 Å². The van der Waals surface area contributed by atoms with Crippen LogP contribution in [0, 0.1) is 5.92 Å². The second kappa shape index (κ2) is 6.21. The molecule has 0 aromatic carbocycles. The molecule has 1 saturated carbocycles. The van der Waals surface area contributed by atoms with Crippen molar-refractivity contribution in [3.8, 4) is 0 Å².